The minimum absolute atomic E-state index is 0.791. The highest BCUT2D eigenvalue weighted by Crippen LogP contribution is 2.27. The summed E-state index contributed by atoms with van der Waals surface area (Å²) in [5.41, 5.74) is 2.01. The maximum Gasteiger partial charge on any atom is 0.134 e. The van der Waals surface area contributed by atoms with Crippen LogP contribution in [-0.2, 0) is 0 Å². The molecular weight excluding hydrogens is 320 g/mol. The molecule has 3 nitrogen and oxygen atoms in total. The van der Waals surface area contributed by atoms with E-state index in [2.05, 4.69) is 64.9 Å². The molecule has 5 aromatic rings. The Hall–Kier alpha value is -3.59. The average molecular weight is 336 g/mol. The second-order valence-corrected chi connectivity index (χ2v) is 6.29. The van der Waals surface area contributed by atoms with Gasteiger partial charge in [-0.1, -0.05) is 30.3 Å². The minimum atomic E-state index is 0.791. The van der Waals surface area contributed by atoms with Crippen LogP contribution in [0.25, 0.3) is 32.9 Å². The number of rotatable bonds is 3. The Morgan fingerprint density at radius 1 is 0.692 bits per heavy atom. The first-order valence-electron chi connectivity index (χ1n) is 8.55. The molecular formula is C23H16N2O. The minimum Gasteiger partial charge on any atom is -0.464 e. The van der Waals surface area contributed by atoms with Crippen molar-refractivity contribution in [2.24, 2.45) is 0 Å². The van der Waals surface area contributed by atoms with Crippen molar-refractivity contribution in [2.75, 3.05) is 5.32 Å². The monoisotopic (exact) mass is 336 g/mol. The second kappa shape index (κ2) is 6.05. The molecule has 5 rings (SSSR count). The Bertz CT molecular complexity index is 1210. The number of benzene rings is 3. The molecule has 0 aliphatic carbocycles. The summed E-state index contributed by atoms with van der Waals surface area (Å²) < 4.78 is 5.47. The van der Waals surface area contributed by atoms with E-state index in [4.69, 9.17) is 4.42 Å². The SMILES string of the molecule is c1coc(-c2ccnc(Nc3ccc4cc5ccccc5cc4c3)c2)c1. The Labute approximate surface area is 150 Å². The summed E-state index contributed by atoms with van der Waals surface area (Å²) in [6.07, 6.45) is 3.46. The Kier molecular flexibility index (Phi) is 3.42. The van der Waals surface area contributed by atoms with E-state index in [-0.39, 0.29) is 0 Å². The van der Waals surface area contributed by atoms with Gasteiger partial charge in [-0.3, -0.25) is 0 Å². The fourth-order valence-electron chi connectivity index (χ4n) is 3.26. The van der Waals surface area contributed by atoms with E-state index >= 15 is 0 Å². The van der Waals surface area contributed by atoms with Gasteiger partial charge in [0, 0.05) is 17.4 Å². The van der Waals surface area contributed by atoms with Crippen molar-refractivity contribution in [3.8, 4) is 11.3 Å². The van der Waals surface area contributed by atoms with Crippen LogP contribution in [-0.4, -0.2) is 4.98 Å². The number of furan rings is 1. The average Bonchev–Trinajstić information content (AvgIpc) is 3.21. The van der Waals surface area contributed by atoms with E-state index in [1.54, 1.807) is 12.5 Å². The van der Waals surface area contributed by atoms with Gasteiger partial charge in [0.2, 0.25) is 0 Å². The van der Waals surface area contributed by atoms with Crippen LogP contribution >= 0.6 is 0 Å². The lowest BCUT2D eigenvalue weighted by molar-refractivity contribution is 0.582. The molecule has 0 aliphatic rings. The summed E-state index contributed by atoms with van der Waals surface area (Å²) in [5, 5.41) is 8.33. The van der Waals surface area contributed by atoms with Gasteiger partial charge in [0.25, 0.3) is 0 Å². The van der Waals surface area contributed by atoms with Gasteiger partial charge >= 0.3 is 0 Å². The molecule has 0 radical (unpaired) electrons. The van der Waals surface area contributed by atoms with Gasteiger partial charge in [-0.15, -0.1) is 0 Å². The van der Waals surface area contributed by atoms with E-state index in [0.717, 1.165) is 22.8 Å². The molecule has 2 heterocycles. The smallest absolute Gasteiger partial charge is 0.134 e. The lowest BCUT2D eigenvalue weighted by atomic mass is 10.0. The van der Waals surface area contributed by atoms with Crippen molar-refractivity contribution < 1.29 is 4.42 Å². The molecule has 0 saturated carbocycles. The highest BCUT2D eigenvalue weighted by molar-refractivity contribution is 5.99. The zero-order valence-electron chi connectivity index (χ0n) is 14.0. The number of hydrogen-bond donors (Lipinski definition) is 1. The van der Waals surface area contributed by atoms with Gasteiger partial charge in [-0.25, -0.2) is 4.98 Å². The van der Waals surface area contributed by atoms with Crippen molar-refractivity contribution in [2.45, 2.75) is 0 Å². The standard InChI is InChI=1S/C23H16N2O/c1-2-5-17-13-20-14-21(8-7-18(20)12-16(17)4-1)25-23-15-19(9-10-24-23)22-6-3-11-26-22/h1-15H,(H,24,25). The summed E-state index contributed by atoms with van der Waals surface area (Å²) in [5.74, 6) is 1.62. The third-order valence-corrected chi connectivity index (χ3v) is 4.54. The van der Waals surface area contributed by atoms with E-state index < -0.39 is 0 Å². The van der Waals surface area contributed by atoms with Crippen molar-refractivity contribution in [1.82, 2.24) is 4.98 Å². The predicted molar refractivity (Wildman–Crippen MR) is 107 cm³/mol. The quantitative estimate of drug-likeness (QED) is 0.388. The maximum atomic E-state index is 5.47. The van der Waals surface area contributed by atoms with Crippen LogP contribution in [0.2, 0.25) is 0 Å². The molecule has 26 heavy (non-hydrogen) atoms. The molecule has 1 N–H and O–H groups in total. The summed E-state index contributed by atoms with van der Waals surface area (Å²) in [7, 11) is 0. The second-order valence-electron chi connectivity index (χ2n) is 6.29. The number of aromatic nitrogens is 1. The summed E-state index contributed by atoms with van der Waals surface area (Å²) in [4.78, 5) is 4.42. The van der Waals surface area contributed by atoms with Gasteiger partial charge in [-0.2, -0.15) is 0 Å². The maximum absolute atomic E-state index is 5.47. The molecule has 0 amide bonds. The van der Waals surface area contributed by atoms with Gasteiger partial charge in [0.05, 0.1) is 6.26 Å². The first-order valence-corrected chi connectivity index (χ1v) is 8.55. The first-order chi connectivity index (χ1) is 12.8. The lowest BCUT2D eigenvalue weighted by Gasteiger charge is -2.09. The van der Waals surface area contributed by atoms with Crippen LogP contribution in [0.3, 0.4) is 0 Å². The van der Waals surface area contributed by atoms with E-state index in [1.807, 2.05) is 24.3 Å². The van der Waals surface area contributed by atoms with Crippen LogP contribution in [0, 0.1) is 0 Å². The normalized spacial score (nSPS) is 11.1. The van der Waals surface area contributed by atoms with E-state index in [9.17, 15) is 0 Å². The van der Waals surface area contributed by atoms with Crippen LogP contribution in [0.4, 0.5) is 11.5 Å². The van der Waals surface area contributed by atoms with Crippen LogP contribution in [0.5, 0.6) is 0 Å². The fraction of sp³-hybridized carbons (Fsp3) is 0. The van der Waals surface area contributed by atoms with Crippen LogP contribution < -0.4 is 5.32 Å². The third-order valence-electron chi connectivity index (χ3n) is 4.54. The number of anilines is 2. The van der Waals surface area contributed by atoms with Crippen molar-refractivity contribution >= 4 is 33.1 Å². The van der Waals surface area contributed by atoms with Crippen LogP contribution in [0.15, 0.2) is 95.7 Å². The first kappa shape index (κ1) is 14.7. The van der Waals surface area contributed by atoms with Gasteiger partial charge in [0.1, 0.15) is 11.6 Å². The zero-order valence-corrected chi connectivity index (χ0v) is 14.0. The Balaban J connectivity index is 1.51. The zero-order chi connectivity index (χ0) is 17.3. The molecule has 0 atom stereocenters. The largest absolute Gasteiger partial charge is 0.464 e. The molecule has 0 unspecified atom stereocenters. The topological polar surface area (TPSA) is 38.1 Å². The Morgan fingerprint density at radius 3 is 2.31 bits per heavy atom. The summed E-state index contributed by atoms with van der Waals surface area (Å²) in [6.45, 7) is 0. The number of pyridine rings is 1. The van der Waals surface area contributed by atoms with Crippen molar-refractivity contribution in [1.29, 1.82) is 0 Å². The Morgan fingerprint density at radius 2 is 1.50 bits per heavy atom. The van der Waals surface area contributed by atoms with Gasteiger partial charge in [-0.05, 0) is 70.1 Å². The highest BCUT2D eigenvalue weighted by Gasteiger charge is 2.04. The third kappa shape index (κ3) is 2.70. The lowest BCUT2D eigenvalue weighted by Crippen LogP contribution is -1.93. The van der Waals surface area contributed by atoms with Crippen molar-refractivity contribution in [3.05, 3.63) is 91.3 Å². The molecule has 0 spiro atoms. The fourth-order valence-corrected chi connectivity index (χ4v) is 3.26. The molecule has 124 valence electrons. The number of hydrogen-bond acceptors (Lipinski definition) is 3. The molecule has 2 aromatic heterocycles. The molecule has 0 saturated heterocycles. The summed E-state index contributed by atoms with van der Waals surface area (Å²) >= 11 is 0. The molecule has 0 aliphatic heterocycles. The number of nitrogens with one attached hydrogen (secondary N) is 1. The molecule has 0 bridgehead atoms. The molecule has 3 aromatic carbocycles. The van der Waals surface area contributed by atoms with Crippen molar-refractivity contribution in [3.63, 3.8) is 0 Å². The predicted octanol–water partition coefficient (Wildman–Crippen LogP) is 6.39. The highest BCUT2D eigenvalue weighted by atomic mass is 16.3. The number of nitrogens with zero attached hydrogens (tertiary/aromatic N) is 1. The van der Waals surface area contributed by atoms with E-state index in [0.29, 0.717) is 0 Å². The van der Waals surface area contributed by atoms with E-state index in [1.165, 1.54) is 21.5 Å². The van der Waals surface area contributed by atoms with Crippen LogP contribution in [0.1, 0.15) is 0 Å². The van der Waals surface area contributed by atoms with Gasteiger partial charge in [0.15, 0.2) is 0 Å². The molecule has 0 fully saturated rings. The summed E-state index contributed by atoms with van der Waals surface area (Å²) in [6, 6.07) is 27.0. The van der Waals surface area contributed by atoms with Gasteiger partial charge < -0.3 is 9.73 Å². The number of fused-ring (bicyclic) bond motifs is 2. The molecule has 3 heteroatoms.